The third kappa shape index (κ3) is 1.86. The molecule has 0 amide bonds. The minimum absolute atomic E-state index is 0.0457. The SMILES string of the molecule is C[C@]12CC[C@@H](O)CC1CC[C@@H]1[C@@H]2CC[C@@]2(C)[C@H]1CC[C@]2(C)O. The smallest absolute Gasteiger partial charge is 0.0675 e. The molecule has 4 saturated carbocycles. The van der Waals surface area contributed by atoms with Crippen LogP contribution < -0.4 is 0 Å². The molecule has 4 rings (SSSR count). The minimum atomic E-state index is -0.455. The zero-order valence-electron chi connectivity index (χ0n) is 14.6. The molecule has 2 N–H and O–H groups in total. The number of hydrogen-bond acceptors (Lipinski definition) is 2. The van der Waals surface area contributed by atoms with E-state index >= 15 is 0 Å². The molecule has 0 aromatic carbocycles. The van der Waals surface area contributed by atoms with Crippen LogP contribution in [0.2, 0.25) is 0 Å². The zero-order chi connectivity index (χ0) is 15.8. The number of fused-ring (bicyclic) bond motifs is 5. The van der Waals surface area contributed by atoms with E-state index in [4.69, 9.17) is 0 Å². The number of hydrogen-bond donors (Lipinski definition) is 2. The number of aliphatic hydroxyl groups excluding tert-OH is 1. The van der Waals surface area contributed by atoms with Gasteiger partial charge in [0.15, 0.2) is 0 Å². The van der Waals surface area contributed by atoms with Crippen molar-refractivity contribution in [1.82, 2.24) is 0 Å². The second-order valence-electron chi connectivity index (χ2n) is 9.85. The van der Waals surface area contributed by atoms with E-state index in [9.17, 15) is 10.2 Å². The van der Waals surface area contributed by atoms with Crippen molar-refractivity contribution < 1.29 is 10.2 Å². The van der Waals surface area contributed by atoms with Gasteiger partial charge in [-0.05, 0) is 99.2 Å². The van der Waals surface area contributed by atoms with Crippen LogP contribution in [-0.4, -0.2) is 21.9 Å². The Labute approximate surface area is 135 Å². The summed E-state index contributed by atoms with van der Waals surface area (Å²) in [4.78, 5) is 0. The van der Waals surface area contributed by atoms with Gasteiger partial charge in [-0.3, -0.25) is 0 Å². The van der Waals surface area contributed by atoms with Crippen LogP contribution in [0.5, 0.6) is 0 Å². The number of aliphatic hydroxyl groups is 2. The quantitative estimate of drug-likeness (QED) is 0.706. The maximum atomic E-state index is 10.9. The molecule has 0 spiro atoms. The molecule has 0 heterocycles. The Morgan fingerprint density at radius 3 is 2.32 bits per heavy atom. The first-order valence-electron chi connectivity index (χ1n) is 9.68. The summed E-state index contributed by atoms with van der Waals surface area (Å²) in [6, 6.07) is 0. The predicted octanol–water partition coefficient (Wildman–Crippen LogP) is 4.14. The molecule has 0 radical (unpaired) electrons. The second kappa shape index (κ2) is 4.72. The lowest BCUT2D eigenvalue weighted by molar-refractivity contribution is -0.153. The molecule has 4 aliphatic rings. The Morgan fingerprint density at radius 1 is 0.818 bits per heavy atom. The van der Waals surface area contributed by atoms with Crippen LogP contribution in [0.3, 0.4) is 0 Å². The Kier molecular flexibility index (Phi) is 3.32. The van der Waals surface area contributed by atoms with Gasteiger partial charge in [0, 0.05) is 0 Å². The molecule has 126 valence electrons. The molecule has 8 atom stereocenters. The average Bonchev–Trinajstić information content (AvgIpc) is 2.70. The van der Waals surface area contributed by atoms with Crippen LogP contribution in [0.1, 0.15) is 78.6 Å². The van der Waals surface area contributed by atoms with Gasteiger partial charge in [-0.15, -0.1) is 0 Å². The molecule has 0 aromatic heterocycles. The molecule has 22 heavy (non-hydrogen) atoms. The van der Waals surface area contributed by atoms with Gasteiger partial charge < -0.3 is 10.2 Å². The van der Waals surface area contributed by atoms with E-state index in [1.165, 1.54) is 38.5 Å². The molecule has 1 unspecified atom stereocenters. The van der Waals surface area contributed by atoms with E-state index in [1.54, 1.807) is 0 Å². The summed E-state index contributed by atoms with van der Waals surface area (Å²) in [7, 11) is 0. The molecule has 0 saturated heterocycles. The Balaban J connectivity index is 1.64. The summed E-state index contributed by atoms with van der Waals surface area (Å²) in [6.07, 6.45) is 10.6. The molecular formula is C20H34O2. The molecule has 0 bridgehead atoms. The van der Waals surface area contributed by atoms with Crippen molar-refractivity contribution in [2.45, 2.75) is 90.3 Å². The highest BCUT2D eigenvalue weighted by molar-refractivity contribution is 5.12. The van der Waals surface area contributed by atoms with Gasteiger partial charge >= 0.3 is 0 Å². The summed E-state index contributed by atoms with van der Waals surface area (Å²) < 4.78 is 0. The van der Waals surface area contributed by atoms with E-state index < -0.39 is 5.60 Å². The van der Waals surface area contributed by atoms with E-state index in [0.29, 0.717) is 5.41 Å². The monoisotopic (exact) mass is 306 g/mol. The summed E-state index contributed by atoms with van der Waals surface area (Å²) in [5.41, 5.74) is 0.145. The van der Waals surface area contributed by atoms with Gasteiger partial charge in [0.1, 0.15) is 0 Å². The van der Waals surface area contributed by atoms with Crippen molar-refractivity contribution in [3.63, 3.8) is 0 Å². The van der Waals surface area contributed by atoms with E-state index in [0.717, 1.165) is 42.9 Å². The zero-order valence-corrected chi connectivity index (χ0v) is 14.6. The topological polar surface area (TPSA) is 40.5 Å². The Bertz CT molecular complexity index is 459. The molecule has 2 nitrogen and oxygen atoms in total. The molecule has 0 aromatic rings. The summed E-state index contributed by atoms with van der Waals surface area (Å²) in [5, 5.41) is 21.0. The third-order valence-corrected chi connectivity index (χ3v) is 9.20. The number of rotatable bonds is 0. The van der Waals surface area contributed by atoms with Crippen molar-refractivity contribution in [3.05, 3.63) is 0 Å². The van der Waals surface area contributed by atoms with Crippen molar-refractivity contribution in [2.75, 3.05) is 0 Å². The highest BCUT2D eigenvalue weighted by atomic mass is 16.3. The Morgan fingerprint density at radius 2 is 1.55 bits per heavy atom. The van der Waals surface area contributed by atoms with Gasteiger partial charge in [-0.25, -0.2) is 0 Å². The van der Waals surface area contributed by atoms with Crippen LogP contribution in [0, 0.1) is 34.5 Å². The van der Waals surface area contributed by atoms with E-state index in [1.807, 2.05) is 0 Å². The van der Waals surface area contributed by atoms with Gasteiger partial charge in [0.05, 0.1) is 11.7 Å². The normalized spacial score (nSPS) is 61.2. The van der Waals surface area contributed by atoms with Crippen LogP contribution >= 0.6 is 0 Å². The van der Waals surface area contributed by atoms with Crippen LogP contribution in [0.4, 0.5) is 0 Å². The maximum Gasteiger partial charge on any atom is 0.0675 e. The lowest BCUT2D eigenvalue weighted by Gasteiger charge is -2.61. The third-order valence-electron chi connectivity index (χ3n) is 9.20. The molecule has 4 fully saturated rings. The predicted molar refractivity (Wildman–Crippen MR) is 88.4 cm³/mol. The first kappa shape index (κ1) is 15.4. The van der Waals surface area contributed by atoms with Crippen molar-refractivity contribution in [3.8, 4) is 0 Å². The van der Waals surface area contributed by atoms with Gasteiger partial charge in [0.2, 0.25) is 0 Å². The summed E-state index contributed by atoms with van der Waals surface area (Å²) >= 11 is 0. The van der Waals surface area contributed by atoms with Gasteiger partial charge in [-0.1, -0.05) is 13.8 Å². The largest absolute Gasteiger partial charge is 0.393 e. The second-order valence-corrected chi connectivity index (χ2v) is 9.85. The molecular weight excluding hydrogens is 272 g/mol. The van der Waals surface area contributed by atoms with Crippen molar-refractivity contribution >= 4 is 0 Å². The fraction of sp³-hybridized carbons (Fsp3) is 1.00. The van der Waals surface area contributed by atoms with Crippen molar-refractivity contribution in [1.29, 1.82) is 0 Å². The first-order valence-corrected chi connectivity index (χ1v) is 9.68. The highest BCUT2D eigenvalue weighted by Gasteiger charge is 2.63. The first-order chi connectivity index (χ1) is 10.3. The van der Waals surface area contributed by atoms with E-state index in [2.05, 4.69) is 20.8 Å². The van der Waals surface area contributed by atoms with E-state index in [-0.39, 0.29) is 11.5 Å². The summed E-state index contributed by atoms with van der Waals surface area (Å²) in [6.45, 7) is 7.01. The van der Waals surface area contributed by atoms with Gasteiger partial charge in [0.25, 0.3) is 0 Å². The molecule has 4 aliphatic carbocycles. The maximum absolute atomic E-state index is 10.9. The molecule has 0 aliphatic heterocycles. The summed E-state index contributed by atoms with van der Waals surface area (Å²) in [5.74, 6) is 3.13. The van der Waals surface area contributed by atoms with Crippen LogP contribution in [0.15, 0.2) is 0 Å². The molecule has 2 heteroatoms. The van der Waals surface area contributed by atoms with Crippen LogP contribution in [-0.2, 0) is 0 Å². The fourth-order valence-corrected chi connectivity index (χ4v) is 7.48. The average molecular weight is 306 g/mol. The minimum Gasteiger partial charge on any atom is -0.393 e. The van der Waals surface area contributed by atoms with Crippen molar-refractivity contribution in [2.24, 2.45) is 34.5 Å². The Hall–Kier alpha value is -0.0800. The van der Waals surface area contributed by atoms with Gasteiger partial charge in [-0.2, -0.15) is 0 Å². The fourth-order valence-electron chi connectivity index (χ4n) is 7.48. The lowest BCUT2D eigenvalue weighted by atomic mass is 9.44. The highest BCUT2D eigenvalue weighted by Crippen LogP contribution is 2.68. The van der Waals surface area contributed by atoms with Crippen LogP contribution in [0.25, 0.3) is 0 Å². The standard InChI is InChI=1S/C20H34O2/c1-18-9-6-14(21)12-13(18)4-5-15-16(18)7-10-19(2)17(15)8-11-20(19,3)22/h13-17,21-22H,4-12H2,1-3H3/t13?,14-,15-,16+,17+,18+,19+,20+/m1/s1. The lowest BCUT2D eigenvalue weighted by Crippen LogP contribution is -2.56.